The molecule has 2 aliphatic heterocycles. The molecule has 0 radical (unpaired) electrons. The van der Waals surface area contributed by atoms with Crippen molar-refractivity contribution in [2.45, 2.75) is 38.9 Å². The number of hydrogen-bond donors (Lipinski definition) is 2. The molecule has 3 heterocycles. The summed E-state index contributed by atoms with van der Waals surface area (Å²) in [6, 6.07) is 3.56. The fourth-order valence-corrected chi connectivity index (χ4v) is 4.44. The zero-order chi connectivity index (χ0) is 24.6. The highest BCUT2D eigenvalue weighted by molar-refractivity contribution is 6.00. The summed E-state index contributed by atoms with van der Waals surface area (Å²) in [5.74, 6) is -0.588. The van der Waals surface area contributed by atoms with Crippen molar-refractivity contribution >= 4 is 28.3 Å². The molecule has 9 heteroatoms. The van der Waals surface area contributed by atoms with Crippen LogP contribution in [0.15, 0.2) is 30.5 Å². The Morgan fingerprint density at radius 3 is 2.68 bits per heavy atom. The van der Waals surface area contributed by atoms with E-state index in [9.17, 15) is 14.0 Å². The standard InChI is InChI=1S/C25H31F2N5O2/c1-15(2)17-12-18(23(27)24-19(17)13-20(28-24)25(34)30(3)4)16-6-5-9-31(14-16)22(33)8-11-32-10-7-21(26)29-32/h6-7,10,12-13,15,21,28-29H,5,8-9,11,14H2,1-4H3. The molecule has 34 heavy (non-hydrogen) atoms. The minimum Gasteiger partial charge on any atom is -0.348 e. The van der Waals surface area contributed by atoms with Crippen LogP contribution in [-0.2, 0) is 4.79 Å². The van der Waals surface area contributed by atoms with Crippen molar-refractivity contribution in [1.29, 1.82) is 0 Å². The van der Waals surface area contributed by atoms with Gasteiger partial charge in [-0.2, -0.15) is 5.43 Å². The zero-order valence-electron chi connectivity index (χ0n) is 20.0. The molecule has 0 bridgehead atoms. The summed E-state index contributed by atoms with van der Waals surface area (Å²) in [5.41, 5.74) is 5.39. The molecule has 1 atom stereocenters. The Balaban J connectivity index is 1.59. The van der Waals surface area contributed by atoms with Crippen LogP contribution in [0.2, 0.25) is 0 Å². The van der Waals surface area contributed by atoms with Crippen molar-refractivity contribution in [3.63, 3.8) is 0 Å². The van der Waals surface area contributed by atoms with Crippen LogP contribution in [0.25, 0.3) is 16.5 Å². The molecule has 7 nitrogen and oxygen atoms in total. The maximum absolute atomic E-state index is 15.7. The minimum atomic E-state index is -1.23. The van der Waals surface area contributed by atoms with E-state index in [4.69, 9.17) is 0 Å². The van der Waals surface area contributed by atoms with E-state index in [0.29, 0.717) is 48.2 Å². The van der Waals surface area contributed by atoms with Gasteiger partial charge < -0.3 is 19.8 Å². The second-order valence-corrected chi connectivity index (χ2v) is 9.30. The summed E-state index contributed by atoms with van der Waals surface area (Å²) in [6.07, 6.45) is 4.57. The third-order valence-electron chi connectivity index (χ3n) is 6.28. The molecule has 1 unspecified atom stereocenters. The maximum Gasteiger partial charge on any atom is 0.269 e. The molecule has 0 aliphatic carbocycles. The summed E-state index contributed by atoms with van der Waals surface area (Å²) in [5, 5.41) is 2.26. The lowest BCUT2D eigenvalue weighted by atomic mass is 9.92. The van der Waals surface area contributed by atoms with Gasteiger partial charge in [-0.1, -0.05) is 19.9 Å². The van der Waals surface area contributed by atoms with Gasteiger partial charge in [0.25, 0.3) is 5.91 Å². The van der Waals surface area contributed by atoms with Gasteiger partial charge in [0.15, 0.2) is 12.1 Å². The first kappa shape index (κ1) is 23.9. The SMILES string of the molecule is CC(C)c1cc(C2=CCCN(C(=O)CCN3C=CC(F)N3)C2)c(F)c2[nH]c(C(=O)N(C)C)cc12. The van der Waals surface area contributed by atoms with Gasteiger partial charge in [0.05, 0.1) is 5.52 Å². The number of fused-ring (bicyclic) bond motifs is 1. The molecule has 0 fully saturated rings. The largest absolute Gasteiger partial charge is 0.348 e. The van der Waals surface area contributed by atoms with Crippen molar-refractivity contribution < 1.29 is 18.4 Å². The van der Waals surface area contributed by atoms with E-state index in [2.05, 4.69) is 10.4 Å². The Bertz CT molecular complexity index is 1170. The van der Waals surface area contributed by atoms with Gasteiger partial charge in [-0.25, -0.2) is 8.78 Å². The average molecular weight is 472 g/mol. The van der Waals surface area contributed by atoms with E-state index in [0.717, 1.165) is 11.1 Å². The Hall–Kier alpha value is -3.20. The van der Waals surface area contributed by atoms with Crippen molar-refractivity contribution in [3.8, 4) is 0 Å². The first-order valence-electron chi connectivity index (χ1n) is 11.5. The lowest BCUT2D eigenvalue weighted by Gasteiger charge is -2.29. The molecular weight excluding hydrogens is 440 g/mol. The van der Waals surface area contributed by atoms with Crippen LogP contribution in [-0.4, -0.2) is 71.6 Å². The number of carbonyl (C=O) groups excluding carboxylic acids is 2. The van der Waals surface area contributed by atoms with Gasteiger partial charge in [-0.3, -0.25) is 9.59 Å². The summed E-state index contributed by atoms with van der Waals surface area (Å²) in [6.45, 7) is 5.28. The van der Waals surface area contributed by atoms with E-state index in [-0.39, 0.29) is 24.2 Å². The van der Waals surface area contributed by atoms with Gasteiger partial charge in [-0.15, -0.1) is 0 Å². The number of aromatic amines is 1. The number of H-pyrrole nitrogens is 1. The Labute approximate surface area is 198 Å². The number of nitrogens with one attached hydrogen (secondary N) is 2. The lowest BCUT2D eigenvalue weighted by Crippen LogP contribution is -2.39. The van der Waals surface area contributed by atoms with Crippen LogP contribution < -0.4 is 5.43 Å². The quantitative estimate of drug-likeness (QED) is 0.630. The van der Waals surface area contributed by atoms with E-state index in [1.165, 1.54) is 11.0 Å². The van der Waals surface area contributed by atoms with Gasteiger partial charge in [0.2, 0.25) is 5.91 Å². The fourth-order valence-electron chi connectivity index (χ4n) is 4.44. The van der Waals surface area contributed by atoms with Crippen molar-refractivity contribution in [2.24, 2.45) is 0 Å². The smallest absolute Gasteiger partial charge is 0.269 e. The monoisotopic (exact) mass is 471 g/mol. The van der Waals surface area contributed by atoms with Crippen LogP contribution in [0, 0.1) is 5.82 Å². The zero-order valence-corrected chi connectivity index (χ0v) is 20.0. The highest BCUT2D eigenvalue weighted by Crippen LogP contribution is 2.35. The molecule has 2 amide bonds. The second-order valence-electron chi connectivity index (χ2n) is 9.30. The van der Waals surface area contributed by atoms with Crippen LogP contribution in [0.1, 0.15) is 54.2 Å². The maximum atomic E-state index is 15.7. The number of aromatic nitrogens is 1. The molecule has 2 aliphatic rings. The summed E-state index contributed by atoms with van der Waals surface area (Å²) < 4.78 is 28.9. The number of hydrogen-bond acceptors (Lipinski definition) is 4. The third kappa shape index (κ3) is 4.70. The van der Waals surface area contributed by atoms with Gasteiger partial charge in [0.1, 0.15) is 5.69 Å². The van der Waals surface area contributed by atoms with Crippen LogP contribution in [0.5, 0.6) is 0 Å². The highest BCUT2D eigenvalue weighted by atomic mass is 19.1. The molecule has 2 aromatic rings. The highest BCUT2D eigenvalue weighted by Gasteiger charge is 2.25. The molecule has 2 N–H and O–H groups in total. The van der Waals surface area contributed by atoms with E-state index in [1.54, 1.807) is 36.3 Å². The van der Waals surface area contributed by atoms with Gasteiger partial charge >= 0.3 is 0 Å². The predicted octanol–water partition coefficient (Wildman–Crippen LogP) is 3.77. The first-order valence-corrected chi connectivity index (χ1v) is 11.5. The molecule has 1 aromatic heterocycles. The number of nitrogens with zero attached hydrogens (tertiary/aromatic N) is 3. The van der Waals surface area contributed by atoms with Crippen LogP contribution in [0.3, 0.4) is 0 Å². The minimum absolute atomic E-state index is 0.0626. The predicted molar refractivity (Wildman–Crippen MR) is 128 cm³/mol. The Kier molecular flexibility index (Phi) is 6.74. The summed E-state index contributed by atoms with van der Waals surface area (Å²) in [7, 11) is 3.31. The van der Waals surface area contributed by atoms with E-state index >= 15 is 4.39 Å². The topological polar surface area (TPSA) is 71.7 Å². The molecular formula is C25H31F2N5O2. The van der Waals surface area contributed by atoms with E-state index < -0.39 is 12.1 Å². The number of rotatable bonds is 6. The number of halogens is 2. The van der Waals surface area contributed by atoms with Gasteiger partial charge in [-0.05, 0) is 41.7 Å². The molecule has 182 valence electrons. The Morgan fingerprint density at radius 1 is 1.26 bits per heavy atom. The van der Waals surface area contributed by atoms with E-state index in [1.807, 2.05) is 26.0 Å². The average Bonchev–Trinajstić information content (AvgIpc) is 3.43. The lowest BCUT2D eigenvalue weighted by molar-refractivity contribution is -0.131. The number of carbonyl (C=O) groups is 2. The van der Waals surface area contributed by atoms with Crippen molar-refractivity contribution in [2.75, 3.05) is 33.7 Å². The molecule has 0 saturated heterocycles. The molecule has 4 rings (SSSR count). The third-order valence-corrected chi connectivity index (χ3v) is 6.28. The van der Waals surface area contributed by atoms with Crippen LogP contribution in [0.4, 0.5) is 8.78 Å². The number of amides is 2. The van der Waals surface area contributed by atoms with Gasteiger partial charge in [0, 0.05) is 57.3 Å². The summed E-state index contributed by atoms with van der Waals surface area (Å²) >= 11 is 0. The molecule has 1 aromatic carbocycles. The first-order chi connectivity index (χ1) is 16.2. The van der Waals surface area contributed by atoms with Crippen molar-refractivity contribution in [1.82, 2.24) is 25.2 Å². The molecule has 0 spiro atoms. The number of benzene rings is 1. The molecule has 0 saturated carbocycles. The number of hydrazine groups is 1. The normalized spacial score (nSPS) is 18.2. The Morgan fingerprint density at radius 2 is 2.03 bits per heavy atom. The summed E-state index contributed by atoms with van der Waals surface area (Å²) in [4.78, 5) is 31.4. The fraction of sp³-hybridized carbons (Fsp3) is 0.440. The second kappa shape index (κ2) is 9.58. The van der Waals surface area contributed by atoms with Crippen LogP contribution >= 0.6 is 0 Å². The van der Waals surface area contributed by atoms with Crippen molar-refractivity contribution in [3.05, 3.63) is 53.1 Å². The number of alkyl halides is 1.